The number of carboxylic acid groups (broad SMARTS) is 1. The molecule has 0 radical (unpaired) electrons. The van der Waals surface area contributed by atoms with Crippen molar-refractivity contribution in [2.75, 3.05) is 19.5 Å². The van der Waals surface area contributed by atoms with Crippen LogP contribution in [0.4, 0.5) is 5.95 Å². The second kappa shape index (κ2) is 11.6. The van der Waals surface area contributed by atoms with E-state index in [0.29, 0.717) is 10.9 Å². The number of pyridine rings is 1. The van der Waals surface area contributed by atoms with Crippen molar-refractivity contribution >= 4 is 41.7 Å². The molecule has 5 rings (SSSR count). The molecule has 3 aromatic heterocycles. The Morgan fingerprint density at radius 3 is 2.67 bits per heavy atom. The van der Waals surface area contributed by atoms with E-state index >= 15 is 0 Å². The van der Waals surface area contributed by atoms with Crippen molar-refractivity contribution in [1.29, 1.82) is 0 Å². The average molecular weight is 618 g/mol. The molecule has 0 aliphatic carbocycles. The zero-order chi connectivity index (χ0) is 31.1. The normalized spacial score (nSPS) is 24.3. The molecule has 0 bridgehead atoms. The first-order valence-electron chi connectivity index (χ1n) is 13.2. The van der Waals surface area contributed by atoms with Gasteiger partial charge < -0.3 is 35.1 Å². The lowest BCUT2D eigenvalue weighted by molar-refractivity contribution is -0.140. The van der Waals surface area contributed by atoms with Crippen LogP contribution in [0.3, 0.4) is 0 Å². The predicted molar refractivity (Wildman–Crippen MR) is 152 cm³/mol. The molecule has 4 aromatic rings. The second-order valence-electron chi connectivity index (χ2n) is 10.5. The first-order chi connectivity index (χ1) is 20.3. The number of nitrogens with zero attached hydrogens (tertiary/aromatic N) is 5. The number of aromatic nitrogens is 5. The molecule has 1 fully saturated rings. The molecule has 0 amide bonds. The number of hydrogen-bond acceptors (Lipinski definition) is 13. The molecule has 0 spiro atoms. The van der Waals surface area contributed by atoms with Gasteiger partial charge in [0, 0.05) is 11.6 Å². The van der Waals surface area contributed by atoms with Crippen LogP contribution in [0.2, 0.25) is 0 Å². The van der Waals surface area contributed by atoms with Gasteiger partial charge >= 0.3 is 13.7 Å². The molecule has 6 N–H and O–H groups in total. The maximum Gasteiger partial charge on any atom is 0.459 e. The Kier molecular flexibility index (Phi) is 8.26. The minimum absolute atomic E-state index is 0.0793. The van der Waals surface area contributed by atoms with E-state index < -0.39 is 56.3 Å². The topological polar surface area (TPSA) is 226 Å². The zero-order valence-electron chi connectivity index (χ0n) is 23.7. The van der Waals surface area contributed by atoms with Gasteiger partial charge in [0.05, 0.1) is 20.0 Å². The lowest BCUT2D eigenvalue weighted by atomic mass is 9.96. The maximum absolute atomic E-state index is 14.2. The highest BCUT2D eigenvalue weighted by Crippen LogP contribution is 2.48. The number of imidazole rings is 1. The van der Waals surface area contributed by atoms with Crippen LogP contribution in [-0.4, -0.2) is 83.4 Å². The number of aliphatic carboxylic acids is 1. The van der Waals surface area contributed by atoms with E-state index in [1.807, 2.05) is 0 Å². The van der Waals surface area contributed by atoms with E-state index in [4.69, 9.17) is 24.3 Å². The fourth-order valence-corrected chi connectivity index (χ4v) is 6.48. The summed E-state index contributed by atoms with van der Waals surface area (Å²) in [5.41, 5.74) is 4.67. The third kappa shape index (κ3) is 5.85. The number of para-hydroxylation sites is 1. The summed E-state index contributed by atoms with van der Waals surface area (Å²) < 4.78 is 38.3. The van der Waals surface area contributed by atoms with Crippen molar-refractivity contribution in [3.8, 4) is 11.6 Å². The fourth-order valence-electron chi connectivity index (χ4n) is 4.80. The number of ether oxygens (including phenoxy) is 2. The van der Waals surface area contributed by atoms with Crippen molar-refractivity contribution < 1.29 is 43.2 Å². The predicted octanol–water partition coefficient (Wildman–Crippen LogP) is 1.88. The van der Waals surface area contributed by atoms with Crippen LogP contribution in [0.1, 0.15) is 27.0 Å². The van der Waals surface area contributed by atoms with Gasteiger partial charge in [0.1, 0.15) is 29.4 Å². The van der Waals surface area contributed by atoms with Crippen LogP contribution >= 0.6 is 7.75 Å². The number of aliphatic hydroxyl groups is 2. The Bertz CT molecular complexity index is 1690. The molecule has 4 heterocycles. The fraction of sp³-hybridized carbons (Fsp3) is 0.423. The minimum atomic E-state index is -4.48. The summed E-state index contributed by atoms with van der Waals surface area (Å²) >= 11 is 0. The van der Waals surface area contributed by atoms with E-state index in [1.54, 1.807) is 38.1 Å². The molecule has 6 atom stereocenters. The maximum atomic E-state index is 14.2. The van der Waals surface area contributed by atoms with Crippen LogP contribution in [0, 0.1) is 5.92 Å². The van der Waals surface area contributed by atoms with Gasteiger partial charge in [0.15, 0.2) is 23.1 Å². The molecule has 0 saturated carbocycles. The van der Waals surface area contributed by atoms with Gasteiger partial charge in [0.2, 0.25) is 11.8 Å². The highest BCUT2D eigenvalue weighted by atomic mass is 31.2. The highest BCUT2D eigenvalue weighted by molar-refractivity contribution is 7.52. The van der Waals surface area contributed by atoms with Crippen LogP contribution in [-0.2, 0) is 18.6 Å². The Morgan fingerprint density at radius 2 is 1.98 bits per heavy atom. The summed E-state index contributed by atoms with van der Waals surface area (Å²) in [5.74, 6) is -1.72. The monoisotopic (exact) mass is 617 g/mol. The van der Waals surface area contributed by atoms with E-state index in [1.165, 1.54) is 37.2 Å². The quantitative estimate of drug-likeness (QED) is 0.151. The van der Waals surface area contributed by atoms with E-state index in [-0.39, 0.29) is 28.7 Å². The molecule has 1 saturated heterocycles. The van der Waals surface area contributed by atoms with Gasteiger partial charge in [-0.1, -0.05) is 32.0 Å². The number of hydrogen-bond donors (Lipinski definition) is 5. The molecule has 3 unspecified atom stereocenters. The summed E-state index contributed by atoms with van der Waals surface area (Å²) in [6, 6.07) is 7.14. The minimum Gasteiger partial charge on any atom is -0.480 e. The number of carboxylic acids is 1. The Labute approximate surface area is 245 Å². The molecule has 17 heteroatoms. The Morgan fingerprint density at radius 1 is 1.23 bits per heavy atom. The Balaban J connectivity index is 1.44. The average Bonchev–Trinajstić information content (AvgIpc) is 3.47. The van der Waals surface area contributed by atoms with Gasteiger partial charge in [-0.3, -0.25) is 18.9 Å². The first-order valence-corrected chi connectivity index (χ1v) is 14.8. The van der Waals surface area contributed by atoms with E-state index in [0.717, 1.165) is 0 Å². The largest absolute Gasteiger partial charge is 0.480 e. The summed E-state index contributed by atoms with van der Waals surface area (Å²) in [7, 11) is -3.10. The lowest BCUT2D eigenvalue weighted by Gasteiger charge is -2.28. The highest BCUT2D eigenvalue weighted by Gasteiger charge is 2.54. The molecule has 1 aliphatic heterocycles. The third-order valence-electron chi connectivity index (χ3n) is 7.06. The van der Waals surface area contributed by atoms with Gasteiger partial charge in [-0.05, 0) is 25.0 Å². The van der Waals surface area contributed by atoms with Gasteiger partial charge in [0.25, 0.3) is 0 Å². The van der Waals surface area contributed by atoms with Crippen molar-refractivity contribution in [2.24, 2.45) is 5.92 Å². The van der Waals surface area contributed by atoms with Gasteiger partial charge in [-0.2, -0.15) is 15.1 Å². The molecule has 16 nitrogen and oxygen atoms in total. The van der Waals surface area contributed by atoms with Gasteiger partial charge in [-0.15, -0.1) is 0 Å². The van der Waals surface area contributed by atoms with Crippen molar-refractivity contribution in [3.63, 3.8) is 0 Å². The molecule has 1 aromatic carbocycles. The number of nitrogens with two attached hydrogens (primary N) is 1. The SMILES string of the molecule is COc1nc(N)nc2c1ncn2C1O[C@H](COP(=O)(NC(C(=O)O)C(C)C)Oc2cccc3cccnc23)[C@@H](O)[C@@]1(C)O. The van der Waals surface area contributed by atoms with E-state index in [9.17, 15) is 24.7 Å². The van der Waals surface area contributed by atoms with Crippen LogP contribution < -0.4 is 20.1 Å². The standard InChI is InChI=1S/C26H32N7O9P/c1-13(2)17(23(35)36)32-43(38,42-15-9-5-7-14-8-6-10-28-18(14)15)40-11-16-20(34)26(3,37)24(41-16)33-12-29-19-21(33)30-25(27)31-22(19)39-4/h5-10,12-13,16-17,20,24,34,37H,11H2,1-4H3,(H,32,38)(H,35,36)(H2,27,30,31)/t16-,17?,20-,24?,26-,43?/m1/s1. The zero-order valence-corrected chi connectivity index (χ0v) is 24.6. The molecule has 1 aliphatic rings. The number of anilines is 1. The number of fused-ring (bicyclic) bond motifs is 2. The summed E-state index contributed by atoms with van der Waals surface area (Å²) in [6.45, 7) is 4.02. The van der Waals surface area contributed by atoms with Crippen LogP contribution in [0.25, 0.3) is 22.1 Å². The smallest absolute Gasteiger partial charge is 0.459 e. The molecular formula is C26H32N7O9P. The Hall–Kier alpha value is -3.92. The number of aliphatic hydroxyl groups excluding tert-OH is 1. The van der Waals surface area contributed by atoms with Crippen LogP contribution in [0.5, 0.6) is 11.6 Å². The summed E-state index contributed by atoms with van der Waals surface area (Å²) in [6.07, 6.45) is -1.23. The van der Waals surface area contributed by atoms with Crippen LogP contribution in [0.15, 0.2) is 42.9 Å². The van der Waals surface area contributed by atoms with Crippen molar-refractivity contribution in [3.05, 3.63) is 42.9 Å². The second-order valence-corrected chi connectivity index (χ2v) is 12.2. The van der Waals surface area contributed by atoms with Crippen molar-refractivity contribution in [1.82, 2.24) is 29.6 Å². The number of carbonyl (C=O) groups is 1. The lowest BCUT2D eigenvalue weighted by Crippen LogP contribution is -2.45. The van der Waals surface area contributed by atoms with Gasteiger partial charge in [-0.25, -0.2) is 9.55 Å². The summed E-state index contributed by atoms with van der Waals surface area (Å²) in [4.78, 5) is 28.7. The number of methoxy groups -OCH3 is 1. The first kappa shape index (κ1) is 30.5. The summed E-state index contributed by atoms with van der Waals surface area (Å²) in [5, 5.41) is 35.4. The number of rotatable bonds is 11. The molecular weight excluding hydrogens is 585 g/mol. The number of nitrogens with one attached hydrogen (secondary N) is 1. The number of benzene rings is 1. The molecule has 43 heavy (non-hydrogen) atoms. The van der Waals surface area contributed by atoms with Crippen molar-refractivity contribution in [2.45, 2.75) is 50.8 Å². The molecule has 230 valence electrons. The number of nitrogen functional groups attached to an aromatic ring is 1. The third-order valence-corrected chi connectivity index (χ3v) is 8.58. The van der Waals surface area contributed by atoms with E-state index in [2.05, 4.69) is 25.0 Å².